The molecule has 0 radical (unpaired) electrons. The lowest BCUT2D eigenvalue weighted by Crippen LogP contribution is -2.39. The Balaban J connectivity index is 1.94. The monoisotopic (exact) mass is 386 g/mol. The van der Waals surface area contributed by atoms with Crippen molar-refractivity contribution in [2.24, 2.45) is 0 Å². The van der Waals surface area contributed by atoms with Gasteiger partial charge in [0, 0.05) is 20.0 Å². The summed E-state index contributed by atoms with van der Waals surface area (Å²) in [4.78, 5) is 25.7. The van der Waals surface area contributed by atoms with Crippen molar-refractivity contribution < 1.29 is 23.8 Å². The van der Waals surface area contributed by atoms with Crippen molar-refractivity contribution in [2.75, 3.05) is 27.9 Å². The summed E-state index contributed by atoms with van der Waals surface area (Å²) in [7, 11) is 4.72. The third-order valence-electron chi connectivity index (χ3n) is 4.25. The van der Waals surface area contributed by atoms with Crippen LogP contribution in [0.4, 0.5) is 0 Å². The molecule has 0 unspecified atom stereocenters. The van der Waals surface area contributed by atoms with E-state index >= 15 is 0 Å². The second-order valence-electron chi connectivity index (χ2n) is 6.19. The highest BCUT2D eigenvalue weighted by atomic mass is 16.5. The van der Waals surface area contributed by atoms with Crippen LogP contribution in [-0.4, -0.2) is 44.6 Å². The molecule has 0 fully saturated rings. The summed E-state index contributed by atoms with van der Waals surface area (Å²) in [6, 6.07) is 12.8. The maximum absolute atomic E-state index is 12.3. The Labute approximate surface area is 165 Å². The van der Waals surface area contributed by atoms with Gasteiger partial charge in [0.2, 0.25) is 11.8 Å². The standard InChI is InChI=1S/C21H26N2O5/c1-15(24)23(13-16-5-8-18(26-2)9-6-16)14-21(25)22-12-17-7-10-19(27-3)20(11-17)28-4/h5-11H,12-14H2,1-4H3,(H,22,25). The quantitative estimate of drug-likeness (QED) is 0.716. The molecule has 0 spiro atoms. The van der Waals surface area contributed by atoms with Gasteiger partial charge in [-0.3, -0.25) is 9.59 Å². The zero-order valence-electron chi connectivity index (χ0n) is 16.7. The van der Waals surface area contributed by atoms with Gasteiger partial charge in [-0.25, -0.2) is 0 Å². The van der Waals surface area contributed by atoms with E-state index in [2.05, 4.69) is 5.32 Å². The first-order valence-electron chi connectivity index (χ1n) is 8.83. The van der Waals surface area contributed by atoms with Crippen molar-refractivity contribution in [2.45, 2.75) is 20.0 Å². The first kappa shape index (κ1) is 21.1. The molecule has 0 saturated carbocycles. The van der Waals surface area contributed by atoms with Crippen LogP contribution in [0.25, 0.3) is 0 Å². The molecule has 0 saturated heterocycles. The number of nitrogens with zero attached hydrogens (tertiary/aromatic N) is 1. The number of hydrogen-bond donors (Lipinski definition) is 1. The van der Waals surface area contributed by atoms with E-state index < -0.39 is 0 Å². The molecule has 150 valence electrons. The summed E-state index contributed by atoms with van der Waals surface area (Å²) < 4.78 is 15.6. The van der Waals surface area contributed by atoms with Crippen LogP contribution in [0.1, 0.15) is 18.1 Å². The maximum Gasteiger partial charge on any atom is 0.239 e. The SMILES string of the molecule is COc1ccc(CN(CC(=O)NCc2ccc(OC)c(OC)c2)C(C)=O)cc1. The summed E-state index contributed by atoms with van der Waals surface area (Å²) in [5, 5.41) is 2.83. The van der Waals surface area contributed by atoms with E-state index in [1.54, 1.807) is 33.5 Å². The normalized spacial score (nSPS) is 10.1. The van der Waals surface area contributed by atoms with Crippen LogP contribution in [0.3, 0.4) is 0 Å². The predicted octanol–water partition coefficient (Wildman–Crippen LogP) is 2.38. The van der Waals surface area contributed by atoms with Crippen molar-refractivity contribution in [3.63, 3.8) is 0 Å². The lowest BCUT2D eigenvalue weighted by atomic mass is 10.2. The number of rotatable bonds is 9. The Bertz CT molecular complexity index is 805. The number of ether oxygens (including phenoxy) is 3. The minimum Gasteiger partial charge on any atom is -0.497 e. The molecule has 0 aliphatic rings. The average Bonchev–Trinajstić information content (AvgIpc) is 2.71. The van der Waals surface area contributed by atoms with E-state index in [1.165, 1.54) is 11.8 Å². The first-order valence-corrected chi connectivity index (χ1v) is 8.83. The van der Waals surface area contributed by atoms with Crippen LogP contribution >= 0.6 is 0 Å². The number of nitrogens with one attached hydrogen (secondary N) is 1. The second kappa shape index (κ2) is 10.2. The first-order chi connectivity index (χ1) is 13.5. The number of amides is 2. The lowest BCUT2D eigenvalue weighted by molar-refractivity contribution is -0.135. The lowest BCUT2D eigenvalue weighted by Gasteiger charge is -2.21. The summed E-state index contributed by atoms with van der Waals surface area (Å²) in [6.45, 7) is 2.11. The van der Waals surface area contributed by atoms with Crippen LogP contribution in [0.15, 0.2) is 42.5 Å². The van der Waals surface area contributed by atoms with Gasteiger partial charge < -0.3 is 24.4 Å². The molecule has 0 aliphatic heterocycles. The third-order valence-corrected chi connectivity index (χ3v) is 4.25. The van der Waals surface area contributed by atoms with Gasteiger partial charge in [0.15, 0.2) is 11.5 Å². The Hall–Kier alpha value is -3.22. The van der Waals surface area contributed by atoms with Gasteiger partial charge in [0.25, 0.3) is 0 Å². The highest BCUT2D eigenvalue weighted by Gasteiger charge is 2.14. The van der Waals surface area contributed by atoms with Crippen LogP contribution < -0.4 is 19.5 Å². The molecule has 28 heavy (non-hydrogen) atoms. The van der Waals surface area contributed by atoms with Gasteiger partial charge in [-0.15, -0.1) is 0 Å². The molecule has 7 heteroatoms. The maximum atomic E-state index is 12.3. The largest absolute Gasteiger partial charge is 0.497 e. The highest BCUT2D eigenvalue weighted by Crippen LogP contribution is 2.27. The van der Waals surface area contributed by atoms with E-state index in [0.29, 0.717) is 24.6 Å². The molecule has 2 aromatic rings. The predicted molar refractivity (Wildman–Crippen MR) is 105 cm³/mol. The van der Waals surface area contributed by atoms with Crippen molar-refractivity contribution in [1.29, 1.82) is 0 Å². The van der Waals surface area contributed by atoms with Gasteiger partial charge >= 0.3 is 0 Å². The average molecular weight is 386 g/mol. The molecule has 2 rings (SSSR count). The number of hydrogen-bond acceptors (Lipinski definition) is 5. The molecule has 1 N–H and O–H groups in total. The van der Waals surface area contributed by atoms with Crippen molar-refractivity contribution in [1.82, 2.24) is 10.2 Å². The zero-order chi connectivity index (χ0) is 20.5. The molecular weight excluding hydrogens is 360 g/mol. The molecule has 2 aromatic carbocycles. The van der Waals surface area contributed by atoms with Gasteiger partial charge in [-0.1, -0.05) is 18.2 Å². The third kappa shape index (κ3) is 5.90. The number of benzene rings is 2. The van der Waals surface area contributed by atoms with Crippen LogP contribution in [-0.2, 0) is 22.7 Å². The van der Waals surface area contributed by atoms with E-state index in [4.69, 9.17) is 14.2 Å². The molecule has 0 aromatic heterocycles. The van der Waals surface area contributed by atoms with Gasteiger partial charge in [-0.05, 0) is 35.4 Å². The van der Waals surface area contributed by atoms with Crippen LogP contribution in [0.2, 0.25) is 0 Å². The van der Waals surface area contributed by atoms with Crippen molar-refractivity contribution >= 4 is 11.8 Å². The summed E-state index contributed by atoms with van der Waals surface area (Å²) >= 11 is 0. The molecule has 0 aliphatic carbocycles. The van der Waals surface area contributed by atoms with Crippen LogP contribution in [0.5, 0.6) is 17.2 Å². The van der Waals surface area contributed by atoms with E-state index in [9.17, 15) is 9.59 Å². The Morgan fingerprint density at radius 2 is 1.54 bits per heavy atom. The van der Waals surface area contributed by atoms with Crippen molar-refractivity contribution in [3.8, 4) is 17.2 Å². The number of carbonyl (C=O) groups is 2. The topological polar surface area (TPSA) is 77.1 Å². The molecular formula is C21H26N2O5. The summed E-state index contributed by atoms with van der Waals surface area (Å²) in [6.07, 6.45) is 0. The molecule has 0 bridgehead atoms. The molecule has 0 atom stereocenters. The van der Waals surface area contributed by atoms with Gasteiger partial charge in [-0.2, -0.15) is 0 Å². The molecule has 0 heterocycles. The fraction of sp³-hybridized carbons (Fsp3) is 0.333. The second-order valence-corrected chi connectivity index (χ2v) is 6.19. The number of methoxy groups -OCH3 is 3. The summed E-state index contributed by atoms with van der Waals surface area (Å²) in [5.74, 6) is 1.56. The zero-order valence-corrected chi connectivity index (χ0v) is 16.7. The minimum absolute atomic E-state index is 0.0192. The molecule has 2 amide bonds. The fourth-order valence-electron chi connectivity index (χ4n) is 2.65. The van der Waals surface area contributed by atoms with Crippen molar-refractivity contribution in [3.05, 3.63) is 53.6 Å². The van der Waals surface area contributed by atoms with Gasteiger partial charge in [0.05, 0.1) is 27.9 Å². The van der Waals surface area contributed by atoms with E-state index in [0.717, 1.165) is 16.9 Å². The summed E-state index contributed by atoms with van der Waals surface area (Å²) in [5.41, 5.74) is 1.79. The Kier molecular flexibility index (Phi) is 7.68. The Morgan fingerprint density at radius 3 is 2.11 bits per heavy atom. The Morgan fingerprint density at radius 1 is 0.893 bits per heavy atom. The van der Waals surface area contributed by atoms with E-state index in [1.807, 2.05) is 30.3 Å². The van der Waals surface area contributed by atoms with E-state index in [-0.39, 0.29) is 18.4 Å². The number of carbonyl (C=O) groups excluding carboxylic acids is 2. The highest BCUT2D eigenvalue weighted by molar-refractivity contribution is 5.83. The fourth-order valence-corrected chi connectivity index (χ4v) is 2.65. The minimum atomic E-state index is -0.238. The smallest absolute Gasteiger partial charge is 0.239 e. The van der Waals surface area contributed by atoms with Crippen LogP contribution in [0, 0.1) is 0 Å². The van der Waals surface area contributed by atoms with Gasteiger partial charge in [0.1, 0.15) is 5.75 Å². The molecule has 7 nitrogen and oxygen atoms in total.